The van der Waals surface area contributed by atoms with Crippen LogP contribution in [0.1, 0.15) is 5.56 Å². The Balaban J connectivity index is 2.20. The fourth-order valence-corrected chi connectivity index (χ4v) is 4.60. The van der Waals surface area contributed by atoms with Crippen LogP contribution in [0.5, 0.6) is 0 Å². The van der Waals surface area contributed by atoms with Crippen LogP contribution in [0.15, 0.2) is 54.6 Å². The summed E-state index contributed by atoms with van der Waals surface area (Å²) < 4.78 is 0. The van der Waals surface area contributed by atoms with Crippen LogP contribution in [0.3, 0.4) is 0 Å². The smallest absolute Gasteiger partial charge is 0.00241 e. The van der Waals surface area contributed by atoms with E-state index in [-0.39, 0.29) is 0 Å². The van der Waals surface area contributed by atoms with Gasteiger partial charge in [-0.2, -0.15) is 0 Å². The normalized spacial score (nSPS) is 13.5. The number of hydrogen-bond donors (Lipinski definition) is 0. The van der Waals surface area contributed by atoms with Gasteiger partial charge in [0, 0.05) is 5.75 Å². The maximum absolute atomic E-state index is 2.42. The molecule has 0 saturated carbocycles. The highest BCUT2D eigenvalue weighted by Gasteiger charge is 2.14. The molecule has 0 atom stereocenters. The second-order valence-electron chi connectivity index (χ2n) is 6.82. The molecule has 0 N–H and O–H groups in total. The minimum atomic E-state index is -0.560. The van der Waals surface area contributed by atoms with E-state index in [4.69, 9.17) is 0 Å². The quantitative estimate of drug-likeness (QED) is 0.411. The molecule has 4 rings (SSSR count). The van der Waals surface area contributed by atoms with Crippen molar-refractivity contribution in [2.75, 3.05) is 18.8 Å². The van der Waals surface area contributed by atoms with Crippen LogP contribution in [0, 0.1) is 0 Å². The number of benzene rings is 4. The lowest BCUT2D eigenvalue weighted by molar-refractivity contribution is 1.46. The van der Waals surface area contributed by atoms with Crippen LogP contribution < -0.4 is 0 Å². The molecular weight excluding hydrogens is 272 g/mol. The van der Waals surface area contributed by atoms with Crippen LogP contribution in [-0.2, 0) is 5.75 Å². The molecule has 0 aliphatic heterocycles. The van der Waals surface area contributed by atoms with Gasteiger partial charge >= 0.3 is 0 Å². The molecule has 4 aromatic carbocycles. The van der Waals surface area contributed by atoms with Gasteiger partial charge in [-0.3, -0.25) is 0 Å². The number of hydrogen-bond acceptors (Lipinski definition) is 0. The fraction of sp³-hybridized carbons (Fsp3) is 0.200. The van der Waals surface area contributed by atoms with Crippen molar-refractivity contribution in [1.29, 1.82) is 0 Å². The summed E-state index contributed by atoms with van der Waals surface area (Å²) in [7, 11) is -0.560. The monoisotopic (exact) mass is 292 g/mol. The van der Waals surface area contributed by atoms with Crippen LogP contribution in [0.2, 0.25) is 0 Å². The van der Waals surface area contributed by atoms with Crippen molar-refractivity contribution in [2.45, 2.75) is 5.75 Å². The first kappa shape index (κ1) is 13.0. The summed E-state index contributed by atoms with van der Waals surface area (Å²) in [4.78, 5) is 0. The third kappa shape index (κ3) is 2.08. The molecule has 0 fully saturated rings. The molecule has 0 heterocycles. The van der Waals surface area contributed by atoms with E-state index in [1.54, 1.807) is 0 Å². The van der Waals surface area contributed by atoms with E-state index >= 15 is 0 Å². The van der Waals surface area contributed by atoms with Gasteiger partial charge in [-0.1, -0.05) is 48.5 Å². The molecule has 106 valence electrons. The van der Waals surface area contributed by atoms with Crippen LogP contribution >= 0.6 is 10.0 Å². The zero-order chi connectivity index (χ0) is 14.6. The lowest BCUT2D eigenvalue weighted by Crippen LogP contribution is -1.98. The fourth-order valence-electron chi connectivity index (χ4n) is 3.42. The predicted octanol–water partition coefficient (Wildman–Crippen LogP) is 5.78. The van der Waals surface area contributed by atoms with Crippen molar-refractivity contribution in [3.63, 3.8) is 0 Å². The van der Waals surface area contributed by atoms with Gasteiger partial charge in [-0.05, 0) is 62.7 Å². The number of rotatable bonds is 2. The van der Waals surface area contributed by atoms with Crippen molar-refractivity contribution >= 4 is 42.3 Å². The maximum atomic E-state index is 2.42. The molecule has 0 amide bonds. The molecule has 0 radical (unpaired) electrons. The molecule has 0 bridgehead atoms. The zero-order valence-corrected chi connectivity index (χ0v) is 13.6. The largest absolute Gasteiger partial charge is 0.246 e. The van der Waals surface area contributed by atoms with Gasteiger partial charge in [0.1, 0.15) is 0 Å². The topological polar surface area (TPSA) is 0 Å². The van der Waals surface area contributed by atoms with E-state index in [1.165, 1.54) is 43.6 Å². The van der Waals surface area contributed by atoms with E-state index < -0.39 is 10.0 Å². The van der Waals surface area contributed by atoms with Crippen LogP contribution in [-0.4, -0.2) is 18.8 Å². The van der Waals surface area contributed by atoms with Crippen molar-refractivity contribution in [3.8, 4) is 0 Å². The summed E-state index contributed by atoms with van der Waals surface area (Å²) in [6.07, 6.45) is 7.19. The Morgan fingerprint density at radius 3 is 2.05 bits per heavy atom. The van der Waals surface area contributed by atoms with E-state index in [0.29, 0.717) is 0 Å². The van der Waals surface area contributed by atoms with Crippen molar-refractivity contribution < 1.29 is 0 Å². The van der Waals surface area contributed by atoms with Crippen molar-refractivity contribution in [1.82, 2.24) is 0 Å². The third-order valence-electron chi connectivity index (χ3n) is 4.18. The highest BCUT2D eigenvalue weighted by Crippen LogP contribution is 2.43. The Bertz CT molecular complexity index is 944. The molecule has 0 saturated heterocycles. The Morgan fingerprint density at radius 2 is 1.33 bits per heavy atom. The van der Waals surface area contributed by atoms with Crippen LogP contribution in [0.4, 0.5) is 0 Å². The minimum Gasteiger partial charge on any atom is -0.246 e. The molecule has 0 aliphatic carbocycles. The summed E-state index contributed by atoms with van der Waals surface area (Å²) in [5.41, 5.74) is 1.51. The average Bonchev–Trinajstić information content (AvgIpc) is 2.44. The summed E-state index contributed by atoms with van der Waals surface area (Å²) >= 11 is 0. The zero-order valence-electron chi connectivity index (χ0n) is 12.8. The van der Waals surface area contributed by atoms with Gasteiger partial charge in [-0.25, -0.2) is 10.0 Å². The molecule has 0 aliphatic rings. The first-order valence-corrected chi connectivity index (χ1v) is 10.4. The molecule has 0 nitrogen and oxygen atoms in total. The first-order valence-electron chi connectivity index (χ1n) is 7.34. The van der Waals surface area contributed by atoms with Crippen molar-refractivity contribution in [3.05, 3.63) is 60.2 Å². The summed E-state index contributed by atoms with van der Waals surface area (Å²) in [5, 5.41) is 8.42. The summed E-state index contributed by atoms with van der Waals surface area (Å²) in [6.45, 7) is 0. The van der Waals surface area contributed by atoms with Gasteiger partial charge in [0.2, 0.25) is 0 Å². The van der Waals surface area contributed by atoms with Gasteiger partial charge in [-0.15, -0.1) is 0 Å². The minimum absolute atomic E-state index is 0.560. The third-order valence-corrected chi connectivity index (χ3v) is 5.36. The van der Waals surface area contributed by atoms with Crippen molar-refractivity contribution in [2.24, 2.45) is 0 Å². The molecule has 21 heavy (non-hydrogen) atoms. The Hall–Kier alpha value is -1.73. The van der Waals surface area contributed by atoms with Gasteiger partial charge in [0.25, 0.3) is 0 Å². The molecule has 4 aromatic rings. The van der Waals surface area contributed by atoms with E-state index in [2.05, 4.69) is 73.4 Å². The Morgan fingerprint density at radius 1 is 0.714 bits per heavy atom. The SMILES string of the molecule is CS(C)(C)Cc1cc2cccc3ccc4cccc1c4c32. The first-order chi connectivity index (χ1) is 10.0. The molecular formula is C20H20S. The van der Waals surface area contributed by atoms with Crippen LogP contribution in [0.25, 0.3) is 32.3 Å². The highest BCUT2D eigenvalue weighted by molar-refractivity contribution is 8.31. The Kier molecular flexibility index (Phi) is 2.71. The average molecular weight is 292 g/mol. The summed E-state index contributed by atoms with van der Waals surface area (Å²) in [5.74, 6) is 1.19. The lowest BCUT2D eigenvalue weighted by atomic mass is 9.92. The second-order valence-corrected chi connectivity index (χ2v) is 11.3. The predicted molar refractivity (Wildman–Crippen MR) is 99.2 cm³/mol. The summed E-state index contributed by atoms with van der Waals surface area (Å²) in [6, 6.07) is 20.3. The molecule has 0 aromatic heterocycles. The van der Waals surface area contributed by atoms with E-state index in [1.807, 2.05) is 0 Å². The molecule has 0 unspecified atom stereocenters. The maximum Gasteiger partial charge on any atom is 0.00241 e. The lowest BCUT2D eigenvalue weighted by Gasteiger charge is -2.26. The van der Waals surface area contributed by atoms with E-state index in [9.17, 15) is 0 Å². The highest BCUT2D eigenvalue weighted by atomic mass is 32.3. The van der Waals surface area contributed by atoms with E-state index in [0.717, 1.165) is 0 Å². The molecule has 1 heteroatoms. The Labute approximate surface area is 127 Å². The molecule has 0 spiro atoms. The second kappa shape index (κ2) is 4.38. The standard InChI is InChI=1S/C20H20S/c1-21(2,3)13-17-12-16-8-4-6-14-10-11-15-7-5-9-18(17)20(15)19(14)16/h4-12H,13H2,1-3H3. The van der Waals surface area contributed by atoms with Gasteiger partial charge < -0.3 is 0 Å². The van der Waals surface area contributed by atoms with Gasteiger partial charge in [0.15, 0.2) is 0 Å². The van der Waals surface area contributed by atoms with Gasteiger partial charge in [0.05, 0.1) is 0 Å².